The number of rotatable bonds is 3. The van der Waals surface area contributed by atoms with Gasteiger partial charge in [-0.05, 0) is 29.3 Å². The van der Waals surface area contributed by atoms with Gasteiger partial charge in [-0.15, -0.1) is 11.6 Å². The van der Waals surface area contributed by atoms with E-state index in [4.69, 9.17) is 11.6 Å². The summed E-state index contributed by atoms with van der Waals surface area (Å²) in [7, 11) is 0. The van der Waals surface area contributed by atoms with Crippen LogP contribution in [0.25, 0.3) is 0 Å². The molecule has 0 aliphatic rings. The summed E-state index contributed by atoms with van der Waals surface area (Å²) < 4.78 is 2.10. The van der Waals surface area contributed by atoms with Crippen LogP contribution >= 0.6 is 43.5 Å². The molecule has 0 nitrogen and oxygen atoms in total. The Bertz CT molecular complexity index is 525. The van der Waals surface area contributed by atoms with E-state index in [1.54, 1.807) is 0 Å². The van der Waals surface area contributed by atoms with Gasteiger partial charge in [-0.3, -0.25) is 0 Å². The molecule has 0 heterocycles. The highest BCUT2D eigenvalue weighted by Gasteiger charge is 2.20. The Hall–Kier alpha value is -0.310. The fourth-order valence-corrected chi connectivity index (χ4v) is 3.25. The zero-order valence-electron chi connectivity index (χ0n) is 9.91. The molecule has 0 spiro atoms. The second kappa shape index (κ2) is 6.23. The van der Waals surface area contributed by atoms with Crippen molar-refractivity contribution in [3.05, 3.63) is 68.6 Å². The first-order valence-corrected chi connectivity index (χ1v) is 7.76. The van der Waals surface area contributed by atoms with Crippen molar-refractivity contribution in [2.75, 3.05) is 0 Å². The van der Waals surface area contributed by atoms with Crippen molar-refractivity contribution in [1.82, 2.24) is 0 Å². The van der Waals surface area contributed by atoms with Crippen molar-refractivity contribution < 1.29 is 0 Å². The number of hydrogen-bond donors (Lipinski definition) is 0. The van der Waals surface area contributed by atoms with Gasteiger partial charge in [0.2, 0.25) is 0 Å². The molecular weight excluding hydrogens is 375 g/mol. The lowest BCUT2D eigenvalue weighted by atomic mass is 9.93. The van der Waals surface area contributed by atoms with Gasteiger partial charge in [-0.25, -0.2) is 0 Å². The lowest BCUT2D eigenvalue weighted by Crippen LogP contribution is -2.03. The Morgan fingerprint density at radius 1 is 1.00 bits per heavy atom. The Balaban J connectivity index is 2.31. The van der Waals surface area contributed by atoms with Crippen molar-refractivity contribution >= 4 is 43.5 Å². The predicted octanol–water partition coefficient (Wildman–Crippen LogP) is 6.30. The molecular formula is C15H13Br2Cl. The monoisotopic (exact) mass is 386 g/mol. The maximum absolute atomic E-state index is 6.62. The molecule has 2 unspecified atom stereocenters. The lowest BCUT2D eigenvalue weighted by molar-refractivity contribution is 0.729. The summed E-state index contributed by atoms with van der Waals surface area (Å²) in [6, 6.07) is 16.4. The Kier molecular flexibility index (Phi) is 4.88. The van der Waals surface area contributed by atoms with Crippen LogP contribution in [0.3, 0.4) is 0 Å². The normalized spacial score (nSPS) is 14.2. The van der Waals surface area contributed by atoms with Gasteiger partial charge < -0.3 is 0 Å². The van der Waals surface area contributed by atoms with Crippen LogP contribution in [-0.2, 0) is 0 Å². The minimum absolute atomic E-state index is 0.0562. The van der Waals surface area contributed by atoms with Gasteiger partial charge >= 0.3 is 0 Å². The van der Waals surface area contributed by atoms with Gasteiger partial charge in [0, 0.05) is 14.9 Å². The van der Waals surface area contributed by atoms with Crippen LogP contribution in [0.5, 0.6) is 0 Å². The molecule has 3 heteroatoms. The third kappa shape index (κ3) is 3.17. The molecule has 2 atom stereocenters. The number of halogens is 3. The highest BCUT2D eigenvalue weighted by Crippen LogP contribution is 2.40. The minimum Gasteiger partial charge on any atom is -0.117 e. The fourth-order valence-electron chi connectivity index (χ4n) is 1.92. The smallest absolute Gasteiger partial charge is 0.0662 e. The first-order chi connectivity index (χ1) is 8.59. The Morgan fingerprint density at radius 3 is 2.33 bits per heavy atom. The van der Waals surface area contributed by atoms with Gasteiger partial charge in [0.15, 0.2) is 0 Å². The maximum Gasteiger partial charge on any atom is 0.0662 e. The van der Waals surface area contributed by atoms with Gasteiger partial charge in [-0.1, -0.05) is 69.1 Å². The molecule has 0 radical (unpaired) electrons. The molecule has 0 bridgehead atoms. The van der Waals surface area contributed by atoms with Crippen molar-refractivity contribution in [2.24, 2.45) is 0 Å². The van der Waals surface area contributed by atoms with E-state index in [0.717, 1.165) is 14.5 Å². The standard InChI is InChI=1S/C15H13Br2Cl/c1-10(11-5-3-2-4-6-11)15(18)13-9-12(16)7-8-14(13)17/h2-10,15H,1H3. The molecule has 0 aromatic heterocycles. The van der Waals surface area contributed by atoms with Crippen LogP contribution in [0.15, 0.2) is 57.5 Å². The number of hydrogen-bond acceptors (Lipinski definition) is 0. The summed E-state index contributed by atoms with van der Waals surface area (Å²) in [5.41, 5.74) is 2.37. The van der Waals surface area contributed by atoms with Gasteiger partial charge in [0.25, 0.3) is 0 Å². The molecule has 0 saturated heterocycles. The first-order valence-electron chi connectivity index (χ1n) is 5.73. The summed E-state index contributed by atoms with van der Waals surface area (Å²) in [5, 5.41) is -0.0562. The second-order valence-electron chi connectivity index (χ2n) is 4.27. The Labute approximate surface area is 130 Å². The average molecular weight is 389 g/mol. The van der Waals surface area contributed by atoms with Crippen LogP contribution < -0.4 is 0 Å². The van der Waals surface area contributed by atoms with Crippen molar-refractivity contribution in [1.29, 1.82) is 0 Å². The van der Waals surface area contributed by atoms with Crippen LogP contribution in [-0.4, -0.2) is 0 Å². The lowest BCUT2D eigenvalue weighted by Gasteiger charge is -2.20. The molecule has 2 aromatic carbocycles. The van der Waals surface area contributed by atoms with E-state index in [9.17, 15) is 0 Å². The number of benzene rings is 2. The molecule has 0 aliphatic carbocycles. The molecule has 0 saturated carbocycles. The van der Waals surface area contributed by atoms with Crippen molar-refractivity contribution in [3.63, 3.8) is 0 Å². The molecule has 0 N–H and O–H groups in total. The van der Waals surface area contributed by atoms with E-state index in [0.29, 0.717) is 0 Å². The molecule has 18 heavy (non-hydrogen) atoms. The topological polar surface area (TPSA) is 0 Å². The van der Waals surface area contributed by atoms with E-state index in [-0.39, 0.29) is 11.3 Å². The average Bonchev–Trinajstić information content (AvgIpc) is 2.41. The zero-order chi connectivity index (χ0) is 13.1. The van der Waals surface area contributed by atoms with E-state index in [1.165, 1.54) is 5.56 Å². The quantitative estimate of drug-likeness (QED) is 0.542. The van der Waals surface area contributed by atoms with Crippen LogP contribution in [0.1, 0.15) is 29.3 Å². The summed E-state index contributed by atoms with van der Waals surface area (Å²) >= 11 is 13.7. The van der Waals surface area contributed by atoms with Crippen LogP contribution in [0, 0.1) is 0 Å². The van der Waals surface area contributed by atoms with E-state index < -0.39 is 0 Å². The first kappa shape index (κ1) is 14.1. The van der Waals surface area contributed by atoms with Gasteiger partial charge in [0.05, 0.1) is 5.38 Å². The minimum atomic E-state index is -0.0562. The second-order valence-corrected chi connectivity index (χ2v) is 6.51. The van der Waals surface area contributed by atoms with Crippen molar-refractivity contribution in [2.45, 2.75) is 18.2 Å². The molecule has 0 amide bonds. The Morgan fingerprint density at radius 2 is 1.67 bits per heavy atom. The summed E-state index contributed by atoms with van der Waals surface area (Å²) in [5.74, 6) is 0.262. The molecule has 0 aliphatic heterocycles. The largest absolute Gasteiger partial charge is 0.117 e. The predicted molar refractivity (Wildman–Crippen MR) is 85.3 cm³/mol. The third-order valence-corrected chi connectivity index (χ3v) is 4.85. The van der Waals surface area contributed by atoms with Crippen LogP contribution in [0.2, 0.25) is 0 Å². The SMILES string of the molecule is CC(c1ccccc1)C(Cl)c1cc(Br)ccc1Br. The number of alkyl halides is 1. The molecule has 0 fully saturated rings. The van der Waals surface area contributed by atoms with E-state index >= 15 is 0 Å². The van der Waals surface area contributed by atoms with Crippen molar-refractivity contribution in [3.8, 4) is 0 Å². The summed E-state index contributed by atoms with van der Waals surface area (Å²) in [6.07, 6.45) is 0. The molecule has 2 aromatic rings. The maximum atomic E-state index is 6.62. The van der Waals surface area contributed by atoms with E-state index in [2.05, 4.69) is 57.0 Å². The van der Waals surface area contributed by atoms with Gasteiger partial charge in [0.1, 0.15) is 0 Å². The van der Waals surface area contributed by atoms with Crippen LogP contribution in [0.4, 0.5) is 0 Å². The van der Waals surface area contributed by atoms with E-state index in [1.807, 2.05) is 30.3 Å². The zero-order valence-corrected chi connectivity index (χ0v) is 13.8. The fraction of sp³-hybridized carbons (Fsp3) is 0.200. The highest BCUT2D eigenvalue weighted by atomic mass is 79.9. The highest BCUT2D eigenvalue weighted by molar-refractivity contribution is 9.11. The third-order valence-electron chi connectivity index (χ3n) is 3.02. The summed E-state index contributed by atoms with van der Waals surface area (Å²) in [6.45, 7) is 2.15. The van der Waals surface area contributed by atoms with Gasteiger partial charge in [-0.2, -0.15) is 0 Å². The summed E-state index contributed by atoms with van der Waals surface area (Å²) in [4.78, 5) is 0. The molecule has 2 rings (SSSR count). The molecule has 94 valence electrons.